The van der Waals surface area contributed by atoms with Gasteiger partial charge in [-0.2, -0.15) is 4.31 Å². The summed E-state index contributed by atoms with van der Waals surface area (Å²) in [7, 11) is -3.64. The van der Waals surface area contributed by atoms with Gasteiger partial charge in [-0.05, 0) is 37.3 Å². The van der Waals surface area contributed by atoms with Gasteiger partial charge in [0, 0.05) is 31.2 Å². The number of ketones is 1. The molecule has 0 amide bonds. The third-order valence-electron chi connectivity index (χ3n) is 4.36. The van der Waals surface area contributed by atoms with Crippen molar-refractivity contribution in [3.05, 3.63) is 58.9 Å². The van der Waals surface area contributed by atoms with E-state index in [1.807, 2.05) is 4.90 Å². The second-order valence-electron chi connectivity index (χ2n) is 6.04. The van der Waals surface area contributed by atoms with E-state index in [9.17, 15) is 17.6 Å². The summed E-state index contributed by atoms with van der Waals surface area (Å²) in [5, 5.41) is 0.357. The van der Waals surface area contributed by atoms with E-state index in [1.54, 1.807) is 24.3 Å². The van der Waals surface area contributed by atoms with Gasteiger partial charge in [-0.3, -0.25) is 4.79 Å². The third-order valence-corrected chi connectivity index (χ3v) is 6.49. The largest absolute Gasteiger partial charge is 0.368 e. The molecule has 0 saturated carbocycles. The number of piperazine rings is 1. The Morgan fingerprint density at radius 3 is 2.35 bits per heavy atom. The third kappa shape index (κ3) is 3.60. The van der Waals surface area contributed by atoms with Gasteiger partial charge in [0.2, 0.25) is 10.0 Å². The van der Waals surface area contributed by atoms with Crippen molar-refractivity contribution >= 4 is 33.1 Å². The molecule has 1 aliphatic heterocycles. The van der Waals surface area contributed by atoms with Crippen LogP contribution in [0.25, 0.3) is 0 Å². The van der Waals surface area contributed by atoms with E-state index in [0.29, 0.717) is 23.8 Å². The van der Waals surface area contributed by atoms with E-state index in [4.69, 9.17) is 11.6 Å². The number of carbonyl (C=O) groups is 1. The fourth-order valence-corrected chi connectivity index (χ4v) is 4.79. The normalized spacial score (nSPS) is 15.9. The minimum atomic E-state index is -3.64. The monoisotopic (exact) mass is 396 g/mol. The van der Waals surface area contributed by atoms with Crippen LogP contribution >= 0.6 is 11.6 Å². The van der Waals surface area contributed by atoms with Gasteiger partial charge in [-0.25, -0.2) is 12.8 Å². The minimum Gasteiger partial charge on any atom is -0.368 e. The highest BCUT2D eigenvalue weighted by Gasteiger charge is 2.30. The van der Waals surface area contributed by atoms with Crippen molar-refractivity contribution in [2.75, 3.05) is 31.1 Å². The lowest BCUT2D eigenvalue weighted by Crippen LogP contribution is -2.49. The maximum Gasteiger partial charge on any atom is 0.243 e. The standard InChI is InChI=1S/C18H18ClFN2O3S/c1-13(23)18-16(20)6-3-7-17(18)21-8-10-22(11-9-21)26(24,25)15-5-2-4-14(19)12-15/h2-7,12H,8-11H2,1H3. The molecule has 0 aromatic heterocycles. The van der Waals surface area contributed by atoms with E-state index in [1.165, 1.54) is 29.4 Å². The van der Waals surface area contributed by atoms with Crippen LogP contribution in [0.4, 0.5) is 10.1 Å². The number of sulfonamides is 1. The predicted octanol–water partition coefficient (Wildman–Crippen LogP) is 3.19. The number of nitrogens with zero attached hydrogens (tertiary/aromatic N) is 2. The molecule has 0 radical (unpaired) electrons. The zero-order chi connectivity index (χ0) is 18.9. The molecule has 1 heterocycles. The number of hydrogen-bond donors (Lipinski definition) is 0. The molecule has 1 aliphatic rings. The fraction of sp³-hybridized carbons (Fsp3) is 0.278. The highest BCUT2D eigenvalue weighted by Crippen LogP contribution is 2.27. The van der Waals surface area contributed by atoms with E-state index in [0.717, 1.165) is 0 Å². The molecule has 5 nitrogen and oxygen atoms in total. The second-order valence-corrected chi connectivity index (χ2v) is 8.41. The van der Waals surface area contributed by atoms with Crippen molar-refractivity contribution in [2.24, 2.45) is 0 Å². The number of anilines is 1. The van der Waals surface area contributed by atoms with Gasteiger partial charge in [0.25, 0.3) is 0 Å². The van der Waals surface area contributed by atoms with Gasteiger partial charge in [-0.15, -0.1) is 0 Å². The summed E-state index contributed by atoms with van der Waals surface area (Å²) in [6.45, 7) is 2.53. The van der Waals surface area contributed by atoms with E-state index in [-0.39, 0.29) is 29.3 Å². The zero-order valence-electron chi connectivity index (χ0n) is 14.2. The van der Waals surface area contributed by atoms with Crippen molar-refractivity contribution in [1.29, 1.82) is 0 Å². The predicted molar refractivity (Wildman–Crippen MR) is 98.8 cm³/mol. The molecule has 26 heavy (non-hydrogen) atoms. The van der Waals surface area contributed by atoms with Crippen LogP contribution < -0.4 is 4.90 Å². The van der Waals surface area contributed by atoms with E-state index >= 15 is 0 Å². The Morgan fingerprint density at radius 2 is 1.73 bits per heavy atom. The van der Waals surface area contributed by atoms with Crippen LogP contribution in [0.3, 0.4) is 0 Å². The molecule has 2 aromatic rings. The van der Waals surface area contributed by atoms with Crippen molar-refractivity contribution in [3.8, 4) is 0 Å². The van der Waals surface area contributed by atoms with Crippen LogP contribution in [0.15, 0.2) is 47.4 Å². The molecule has 1 saturated heterocycles. The lowest BCUT2D eigenvalue weighted by Gasteiger charge is -2.36. The van der Waals surface area contributed by atoms with Crippen LogP contribution in [0.1, 0.15) is 17.3 Å². The maximum atomic E-state index is 14.0. The Balaban J connectivity index is 1.80. The van der Waals surface area contributed by atoms with E-state index in [2.05, 4.69) is 0 Å². The quantitative estimate of drug-likeness (QED) is 0.745. The van der Waals surface area contributed by atoms with Crippen LogP contribution in [0, 0.1) is 5.82 Å². The van der Waals surface area contributed by atoms with Crippen LogP contribution in [-0.2, 0) is 10.0 Å². The molecule has 138 valence electrons. The zero-order valence-corrected chi connectivity index (χ0v) is 15.7. The summed E-state index contributed by atoms with van der Waals surface area (Å²) in [5.41, 5.74) is 0.538. The molecule has 0 unspecified atom stereocenters. The Bertz CT molecular complexity index is 941. The van der Waals surface area contributed by atoms with Crippen LogP contribution in [0.2, 0.25) is 5.02 Å². The molecule has 3 rings (SSSR count). The topological polar surface area (TPSA) is 57.7 Å². The number of Topliss-reactive ketones (excluding diaryl/α,β-unsaturated/α-hetero) is 1. The first-order valence-electron chi connectivity index (χ1n) is 8.11. The smallest absolute Gasteiger partial charge is 0.243 e. The average molecular weight is 397 g/mol. The summed E-state index contributed by atoms with van der Waals surface area (Å²) < 4.78 is 40.9. The van der Waals surface area contributed by atoms with Crippen LogP contribution in [0.5, 0.6) is 0 Å². The Morgan fingerprint density at radius 1 is 1.08 bits per heavy atom. The molecule has 2 aromatic carbocycles. The van der Waals surface area contributed by atoms with Gasteiger partial charge < -0.3 is 4.90 Å². The van der Waals surface area contributed by atoms with Crippen molar-refractivity contribution in [1.82, 2.24) is 4.31 Å². The number of carbonyl (C=O) groups excluding carboxylic acids is 1. The number of hydrogen-bond acceptors (Lipinski definition) is 4. The Labute approximate surface area is 157 Å². The molecule has 1 fully saturated rings. The summed E-state index contributed by atoms with van der Waals surface area (Å²) in [5.74, 6) is -0.920. The summed E-state index contributed by atoms with van der Waals surface area (Å²) >= 11 is 5.90. The molecular formula is C18H18ClFN2O3S. The fourth-order valence-electron chi connectivity index (χ4n) is 3.07. The number of halogens is 2. The molecular weight excluding hydrogens is 379 g/mol. The Hall–Kier alpha value is -1.96. The summed E-state index contributed by atoms with van der Waals surface area (Å²) in [4.78, 5) is 13.8. The minimum absolute atomic E-state index is 0.0404. The first-order valence-corrected chi connectivity index (χ1v) is 9.92. The van der Waals surface area contributed by atoms with Crippen LogP contribution in [-0.4, -0.2) is 44.7 Å². The molecule has 0 bridgehead atoms. The summed E-state index contributed by atoms with van der Waals surface area (Å²) in [6, 6.07) is 10.6. The average Bonchev–Trinajstić information content (AvgIpc) is 2.61. The number of rotatable bonds is 4. The lowest BCUT2D eigenvalue weighted by atomic mass is 10.1. The van der Waals surface area contributed by atoms with Gasteiger partial charge in [0.15, 0.2) is 5.78 Å². The van der Waals surface area contributed by atoms with Gasteiger partial charge >= 0.3 is 0 Å². The van der Waals surface area contributed by atoms with Crippen molar-refractivity contribution in [2.45, 2.75) is 11.8 Å². The highest BCUT2D eigenvalue weighted by atomic mass is 35.5. The molecule has 0 spiro atoms. The lowest BCUT2D eigenvalue weighted by molar-refractivity contribution is 0.101. The first kappa shape index (κ1) is 18.8. The van der Waals surface area contributed by atoms with Gasteiger partial charge in [0.1, 0.15) is 5.82 Å². The molecule has 0 atom stereocenters. The first-order chi connectivity index (χ1) is 12.3. The Kier molecular flexibility index (Phi) is 5.32. The van der Waals surface area contributed by atoms with Crippen molar-refractivity contribution < 1.29 is 17.6 Å². The maximum absolute atomic E-state index is 14.0. The SMILES string of the molecule is CC(=O)c1c(F)cccc1N1CCN(S(=O)(=O)c2cccc(Cl)c2)CC1. The number of benzene rings is 2. The van der Waals surface area contributed by atoms with Crippen molar-refractivity contribution in [3.63, 3.8) is 0 Å². The molecule has 0 aliphatic carbocycles. The molecule has 0 N–H and O–H groups in total. The molecule has 8 heteroatoms. The summed E-state index contributed by atoms with van der Waals surface area (Å²) in [6.07, 6.45) is 0. The highest BCUT2D eigenvalue weighted by molar-refractivity contribution is 7.89. The van der Waals surface area contributed by atoms with E-state index < -0.39 is 15.8 Å². The van der Waals surface area contributed by atoms with Gasteiger partial charge in [0.05, 0.1) is 16.1 Å². The second kappa shape index (κ2) is 7.34. The van der Waals surface area contributed by atoms with Gasteiger partial charge in [-0.1, -0.05) is 23.7 Å².